The van der Waals surface area contributed by atoms with Crippen molar-refractivity contribution < 1.29 is 4.79 Å². The standard InChI is InChI=1S/C9H18N2OS/c1-7(13-3)9(12)11(2)8-4-5-10-6-8/h7-8,10H,4-6H2,1-3H3/t7-,8-/m0/s1. The summed E-state index contributed by atoms with van der Waals surface area (Å²) in [6.07, 6.45) is 3.06. The maximum Gasteiger partial charge on any atom is 0.235 e. The Hall–Kier alpha value is -0.220. The molecular weight excluding hydrogens is 184 g/mol. The van der Waals surface area contributed by atoms with E-state index in [0.29, 0.717) is 6.04 Å². The summed E-state index contributed by atoms with van der Waals surface area (Å²) in [5.74, 6) is 0.251. The molecule has 76 valence electrons. The van der Waals surface area contributed by atoms with Crippen molar-refractivity contribution in [2.24, 2.45) is 0 Å². The summed E-state index contributed by atoms with van der Waals surface area (Å²) in [4.78, 5) is 13.6. The Morgan fingerprint density at radius 1 is 1.69 bits per heavy atom. The summed E-state index contributed by atoms with van der Waals surface area (Å²) in [6.45, 7) is 3.95. The molecule has 0 spiro atoms. The second-order valence-electron chi connectivity index (χ2n) is 3.47. The van der Waals surface area contributed by atoms with E-state index in [2.05, 4.69) is 5.32 Å². The number of amides is 1. The monoisotopic (exact) mass is 202 g/mol. The molecule has 1 aliphatic rings. The van der Waals surface area contributed by atoms with Crippen LogP contribution in [0.3, 0.4) is 0 Å². The molecule has 0 unspecified atom stereocenters. The van der Waals surface area contributed by atoms with Crippen LogP contribution in [-0.4, -0.2) is 48.5 Å². The van der Waals surface area contributed by atoms with Gasteiger partial charge in [0.25, 0.3) is 0 Å². The molecule has 0 bridgehead atoms. The SMILES string of the molecule is CS[C@@H](C)C(=O)N(C)[C@H]1CCNC1. The minimum absolute atomic E-state index is 0.0885. The van der Waals surface area contributed by atoms with Crippen molar-refractivity contribution in [3.05, 3.63) is 0 Å². The van der Waals surface area contributed by atoms with Gasteiger partial charge in [0.15, 0.2) is 0 Å². The Bertz CT molecular complexity index is 180. The molecule has 1 rings (SSSR count). The maximum absolute atomic E-state index is 11.7. The first kappa shape index (κ1) is 10.9. The molecule has 0 radical (unpaired) electrons. The van der Waals surface area contributed by atoms with Crippen molar-refractivity contribution in [2.75, 3.05) is 26.4 Å². The van der Waals surface area contributed by atoms with E-state index in [9.17, 15) is 4.79 Å². The molecule has 0 aromatic rings. The number of nitrogens with one attached hydrogen (secondary N) is 1. The minimum atomic E-state index is 0.0885. The smallest absolute Gasteiger partial charge is 0.235 e. The van der Waals surface area contributed by atoms with Gasteiger partial charge in [-0.15, -0.1) is 0 Å². The molecule has 0 aliphatic carbocycles. The van der Waals surface area contributed by atoms with Gasteiger partial charge in [0.1, 0.15) is 0 Å². The molecule has 1 saturated heterocycles. The molecule has 13 heavy (non-hydrogen) atoms. The minimum Gasteiger partial charge on any atom is -0.340 e. The second-order valence-corrected chi connectivity index (χ2v) is 4.65. The topological polar surface area (TPSA) is 32.3 Å². The highest BCUT2D eigenvalue weighted by Crippen LogP contribution is 2.13. The van der Waals surface area contributed by atoms with E-state index in [4.69, 9.17) is 0 Å². The van der Waals surface area contributed by atoms with Crippen LogP contribution < -0.4 is 5.32 Å². The predicted octanol–water partition coefficient (Wildman–Crippen LogP) is 0.558. The van der Waals surface area contributed by atoms with Gasteiger partial charge in [-0.25, -0.2) is 0 Å². The van der Waals surface area contributed by atoms with E-state index >= 15 is 0 Å². The van der Waals surface area contributed by atoms with Crippen LogP contribution in [0.1, 0.15) is 13.3 Å². The van der Waals surface area contributed by atoms with Crippen LogP contribution in [0, 0.1) is 0 Å². The molecule has 1 heterocycles. The average Bonchev–Trinajstić information content (AvgIpc) is 2.67. The second kappa shape index (κ2) is 4.86. The van der Waals surface area contributed by atoms with Crippen LogP contribution in [0.15, 0.2) is 0 Å². The summed E-state index contributed by atoms with van der Waals surface area (Å²) >= 11 is 1.61. The first-order chi connectivity index (χ1) is 6.16. The fourth-order valence-electron chi connectivity index (χ4n) is 1.54. The third-order valence-electron chi connectivity index (χ3n) is 2.63. The average molecular weight is 202 g/mol. The van der Waals surface area contributed by atoms with Crippen molar-refractivity contribution in [3.8, 4) is 0 Å². The molecular formula is C9H18N2OS. The lowest BCUT2D eigenvalue weighted by atomic mass is 10.2. The molecule has 1 N–H and O–H groups in total. The summed E-state index contributed by atoms with van der Waals surface area (Å²) in [5.41, 5.74) is 0. The van der Waals surface area contributed by atoms with Crippen molar-refractivity contribution in [3.63, 3.8) is 0 Å². The largest absolute Gasteiger partial charge is 0.340 e. The molecule has 0 aromatic heterocycles. The molecule has 1 aliphatic heterocycles. The number of hydrogen-bond donors (Lipinski definition) is 1. The molecule has 1 amide bonds. The van der Waals surface area contributed by atoms with Crippen molar-refractivity contribution in [1.29, 1.82) is 0 Å². The number of hydrogen-bond acceptors (Lipinski definition) is 3. The van der Waals surface area contributed by atoms with Crippen molar-refractivity contribution in [1.82, 2.24) is 10.2 Å². The Morgan fingerprint density at radius 2 is 2.38 bits per heavy atom. The summed E-state index contributed by atoms with van der Waals surface area (Å²) < 4.78 is 0. The van der Waals surface area contributed by atoms with Crippen molar-refractivity contribution in [2.45, 2.75) is 24.6 Å². The van der Waals surface area contributed by atoms with E-state index in [-0.39, 0.29) is 11.2 Å². The van der Waals surface area contributed by atoms with Gasteiger partial charge in [-0.1, -0.05) is 0 Å². The quantitative estimate of drug-likeness (QED) is 0.726. The van der Waals surface area contributed by atoms with Gasteiger partial charge in [-0.3, -0.25) is 4.79 Å². The van der Waals surface area contributed by atoms with Gasteiger partial charge in [0.05, 0.1) is 5.25 Å². The van der Waals surface area contributed by atoms with Gasteiger partial charge in [-0.2, -0.15) is 11.8 Å². The summed E-state index contributed by atoms with van der Waals surface area (Å²) in [6, 6.07) is 0.405. The fraction of sp³-hybridized carbons (Fsp3) is 0.889. The zero-order chi connectivity index (χ0) is 9.84. The van der Waals surface area contributed by atoms with Crippen LogP contribution in [0.5, 0.6) is 0 Å². The van der Waals surface area contributed by atoms with Crippen LogP contribution in [0.2, 0.25) is 0 Å². The highest BCUT2D eigenvalue weighted by Gasteiger charge is 2.25. The maximum atomic E-state index is 11.7. The van der Waals surface area contributed by atoms with Gasteiger partial charge < -0.3 is 10.2 Å². The zero-order valence-corrected chi connectivity index (χ0v) is 9.36. The van der Waals surface area contributed by atoms with Gasteiger partial charge in [0, 0.05) is 19.6 Å². The number of rotatable bonds is 3. The highest BCUT2D eigenvalue weighted by molar-refractivity contribution is 7.99. The van der Waals surface area contributed by atoms with Gasteiger partial charge in [-0.05, 0) is 26.1 Å². The highest BCUT2D eigenvalue weighted by atomic mass is 32.2. The Labute approximate surface area is 84.2 Å². The zero-order valence-electron chi connectivity index (χ0n) is 8.54. The molecule has 4 heteroatoms. The van der Waals surface area contributed by atoms with Crippen LogP contribution in [0.4, 0.5) is 0 Å². The molecule has 1 fully saturated rings. The molecule has 3 nitrogen and oxygen atoms in total. The number of carbonyl (C=O) groups excluding carboxylic acids is 1. The first-order valence-electron chi connectivity index (χ1n) is 4.67. The van der Waals surface area contributed by atoms with E-state index in [1.807, 2.05) is 25.1 Å². The Morgan fingerprint density at radius 3 is 2.85 bits per heavy atom. The normalized spacial score (nSPS) is 24.4. The third kappa shape index (κ3) is 2.61. The number of likely N-dealkylation sites (N-methyl/N-ethyl adjacent to an activating group) is 1. The van der Waals surface area contributed by atoms with Gasteiger partial charge in [0.2, 0.25) is 5.91 Å². The molecule has 2 atom stereocenters. The fourth-order valence-corrected chi connectivity index (χ4v) is 1.91. The lowest BCUT2D eigenvalue weighted by Gasteiger charge is -2.26. The van der Waals surface area contributed by atoms with Gasteiger partial charge >= 0.3 is 0 Å². The summed E-state index contributed by atoms with van der Waals surface area (Å²) in [5, 5.41) is 3.35. The van der Waals surface area contributed by atoms with E-state index < -0.39 is 0 Å². The third-order valence-corrected chi connectivity index (χ3v) is 3.54. The van der Waals surface area contributed by atoms with Crippen LogP contribution in [0.25, 0.3) is 0 Å². The molecule has 0 saturated carbocycles. The lowest BCUT2D eigenvalue weighted by molar-refractivity contribution is -0.130. The van der Waals surface area contributed by atoms with Crippen LogP contribution >= 0.6 is 11.8 Å². The van der Waals surface area contributed by atoms with Crippen LogP contribution in [-0.2, 0) is 4.79 Å². The number of carbonyl (C=O) groups is 1. The van der Waals surface area contributed by atoms with E-state index in [1.54, 1.807) is 11.8 Å². The Kier molecular flexibility index (Phi) is 4.06. The molecule has 0 aromatic carbocycles. The van der Waals surface area contributed by atoms with E-state index in [0.717, 1.165) is 19.5 Å². The Balaban J connectivity index is 2.45. The lowest BCUT2D eigenvalue weighted by Crippen LogP contribution is -2.42. The number of thioether (sulfide) groups is 1. The first-order valence-corrected chi connectivity index (χ1v) is 5.95. The van der Waals surface area contributed by atoms with E-state index in [1.165, 1.54) is 0 Å². The number of nitrogens with zero attached hydrogens (tertiary/aromatic N) is 1. The predicted molar refractivity (Wildman–Crippen MR) is 57.0 cm³/mol. The van der Waals surface area contributed by atoms with Crippen molar-refractivity contribution >= 4 is 17.7 Å². The summed E-state index contributed by atoms with van der Waals surface area (Å²) in [7, 11) is 1.91.